The van der Waals surface area contributed by atoms with E-state index in [4.69, 9.17) is 4.98 Å². The van der Waals surface area contributed by atoms with Crippen LogP contribution in [0.15, 0.2) is 36.7 Å². The number of nitrogens with zero attached hydrogens (tertiary/aromatic N) is 3. The highest BCUT2D eigenvalue weighted by atomic mass is 15.1. The zero-order valence-corrected chi connectivity index (χ0v) is 12.0. The Kier molecular flexibility index (Phi) is 3.24. The molecule has 3 aromatic rings. The van der Waals surface area contributed by atoms with Crippen LogP contribution in [0.5, 0.6) is 0 Å². The maximum atomic E-state index is 4.82. The molecule has 0 saturated carbocycles. The summed E-state index contributed by atoms with van der Waals surface area (Å²) >= 11 is 0. The lowest BCUT2D eigenvalue weighted by molar-refractivity contribution is 0.797. The lowest BCUT2D eigenvalue weighted by Gasteiger charge is -2.12. The summed E-state index contributed by atoms with van der Waals surface area (Å²) in [6.07, 6.45) is 1.85. The maximum Gasteiger partial charge on any atom is 0.143 e. The smallest absolute Gasteiger partial charge is 0.143 e. The van der Waals surface area contributed by atoms with E-state index in [9.17, 15) is 0 Å². The normalized spacial score (nSPS) is 11.2. The molecule has 2 aromatic heterocycles. The first-order chi connectivity index (χ1) is 9.70. The van der Waals surface area contributed by atoms with Gasteiger partial charge in [-0.05, 0) is 33.0 Å². The standard InChI is InChI=1S/C16H18N4/c1-11-12(2)20(10-18-11)16-14(9-17-3)8-13-6-4-5-7-15(13)19-16/h4-8,10,17H,9H2,1-3H3. The molecule has 1 N–H and O–H groups in total. The summed E-state index contributed by atoms with van der Waals surface area (Å²) in [6.45, 7) is 4.87. The Morgan fingerprint density at radius 3 is 2.70 bits per heavy atom. The van der Waals surface area contributed by atoms with E-state index in [1.165, 1.54) is 5.56 Å². The SMILES string of the molecule is CNCc1cc2ccccc2nc1-n1cnc(C)c1C. The molecule has 1 aromatic carbocycles. The van der Waals surface area contributed by atoms with Gasteiger partial charge in [-0.1, -0.05) is 18.2 Å². The molecular weight excluding hydrogens is 248 g/mol. The maximum absolute atomic E-state index is 4.82. The predicted molar refractivity (Wildman–Crippen MR) is 81.1 cm³/mol. The van der Waals surface area contributed by atoms with Gasteiger partial charge in [-0.15, -0.1) is 0 Å². The minimum absolute atomic E-state index is 0.782. The molecule has 0 amide bonds. The molecule has 0 saturated heterocycles. The number of aryl methyl sites for hydroxylation is 1. The molecule has 4 heteroatoms. The van der Waals surface area contributed by atoms with Gasteiger partial charge < -0.3 is 5.32 Å². The van der Waals surface area contributed by atoms with Gasteiger partial charge in [0.15, 0.2) is 0 Å². The van der Waals surface area contributed by atoms with Crippen molar-refractivity contribution in [1.82, 2.24) is 19.9 Å². The average molecular weight is 266 g/mol. The number of hydrogen-bond donors (Lipinski definition) is 1. The van der Waals surface area contributed by atoms with Crippen LogP contribution in [0.1, 0.15) is 17.0 Å². The number of hydrogen-bond acceptors (Lipinski definition) is 3. The molecule has 0 aliphatic carbocycles. The minimum Gasteiger partial charge on any atom is -0.316 e. The predicted octanol–water partition coefficient (Wildman–Crippen LogP) is 2.76. The van der Waals surface area contributed by atoms with Gasteiger partial charge in [-0.2, -0.15) is 0 Å². The van der Waals surface area contributed by atoms with E-state index in [0.29, 0.717) is 0 Å². The first-order valence-electron chi connectivity index (χ1n) is 6.75. The van der Waals surface area contributed by atoms with Crippen LogP contribution in [-0.2, 0) is 6.54 Å². The molecule has 0 bridgehead atoms. The number of para-hydroxylation sites is 1. The second kappa shape index (κ2) is 5.06. The van der Waals surface area contributed by atoms with Gasteiger partial charge >= 0.3 is 0 Å². The van der Waals surface area contributed by atoms with E-state index >= 15 is 0 Å². The summed E-state index contributed by atoms with van der Waals surface area (Å²) in [5.74, 6) is 0.955. The quantitative estimate of drug-likeness (QED) is 0.792. The minimum atomic E-state index is 0.782. The van der Waals surface area contributed by atoms with Crippen molar-refractivity contribution in [2.45, 2.75) is 20.4 Å². The largest absolute Gasteiger partial charge is 0.316 e. The van der Waals surface area contributed by atoms with Crippen molar-refractivity contribution in [3.8, 4) is 5.82 Å². The van der Waals surface area contributed by atoms with E-state index < -0.39 is 0 Å². The summed E-state index contributed by atoms with van der Waals surface area (Å²) in [6, 6.07) is 10.4. The third kappa shape index (κ3) is 2.08. The molecule has 4 nitrogen and oxygen atoms in total. The number of benzene rings is 1. The molecule has 0 aliphatic heterocycles. The molecule has 0 radical (unpaired) electrons. The van der Waals surface area contributed by atoms with E-state index in [1.807, 2.05) is 38.5 Å². The number of aromatic nitrogens is 3. The van der Waals surface area contributed by atoms with Crippen molar-refractivity contribution in [2.24, 2.45) is 0 Å². The van der Waals surface area contributed by atoms with Crippen molar-refractivity contribution in [1.29, 1.82) is 0 Å². The van der Waals surface area contributed by atoms with Gasteiger partial charge in [-0.3, -0.25) is 4.57 Å². The molecule has 0 unspecified atom stereocenters. The average Bonchev–Trinajstić information content (AvgIpc) is 2.79. The van der Waals surface area contributed by atoms with Gasteiger partial charge in [-0.25, -0.2) is 9.97 Å². The molecule has 0 atom stereocenters. The number of nitrogens with one attached hydrogen (secondary N) is 1. The first kappa shape index (κ1) is 12.8. The van der Waals surface area contributed by atoms with Crippen LogP contribution < -0.4 is 5.32 Å². The second-order valence-corrected chi connectivity index (χ2v) is 4.98. The molecule has 0 spiro atoms. The third-order valence-electron chi connectivity index (χ3n) is 3.63. The second-order valence-electron chi connectivity index (χ2n) is 4.98. The molecule has 102 valence electrons. The van der Waals surface area contributed by atoms with Crippen molar-refractivity contribution >= 4 is 10.9 Å². The number of fused-ring (bicyclic) bond motifs is 1. The Bertz CT molecular complexity index is 758. The highest BCUT2D eigenvalue weighted by Gasteiger charge is 2.11. The van der Waals surface area contributed by atoms with Gasteiger partial charge in [0.2, 0.25) is 0 Å². The Balaban J connectivity index is 2.26. The molecule has 3 rings (SSSR count). The zero-order chi connectivity index (χ0) is 14.1. The van der Waals surface area contributed by atoms with E-state index in [-0.39, 0.29) is 0 Å². The molecular formula is C16H18N4. The molecule has 0 fully saturated rings. The molecule has 0 aliphatic rings. The van der Waals surface area contributed by atoms with Gasteiger partial charge in [0, 0.05) is 23.2 Å². The van der Waals surface area contributed by atoms with Crippen LogP contribution in [0.4, 0.5) is 0 Å². The van der Waals surface area contributed by atoms with Crippen LogP contribution in [-0.4, -0.2) is 21.6 Å². The monoisotopic (exact) mass is 266 g/mol. The number of pyridine rings is 1. The van der Waals surface area contributed by atoms with Crippen LogP contribution in [0.3, 0.4) is 0 Å². The fraction of sp³-hybridized carbons (Fsp3) is 0.250. The van der Waals surface area contributed by atoms with E-state index in [1.54, 1.807) is 0 Å². The summed E-state index contributed by atoms with van der Waals surface area (Å²) < 4.78 is 2.06. The summed E-state index contributed by atoms with van der Waals surface area (Å²) in [4.78, 5) is 9.20. The zero-order valence-electron chi connectivity index (χ0n) is 12.0. The van der Waals surface area contributed by atoms with Crippen molar-refractivity contribution < 1.29 is 0 Å². The summed E-state index contributed by atoms with van der Waals surface area (Å²) in [5, 5.41) is 4.37. The molecule has 20 heavy (non-hydrogen) atoms. The van der Waals surface area contributed by atoms with Gasteiger partial charge in [0.25, 0.3) is 0 Å². The van der Waals surface area contributed by atoms with Crippen molar-refractivity contribution in [3.05, 3.63) is 53.6 Å². The van der Waals surface area contributed by atoms with Gasteiger partial charge in [0.05, 0.1) is 11.2 Å². The highest BCUT2D eigenvalue weighted by Crippen LogP contribution is 2.21. The number of rotatable bonds is 3. The first-order valence-corrected chi connectivity index (χ1v) is 6.75. The van der Waals surface area contributed by atoms with Crippen molar-refractivity contribution in [3.63, 3.8) is 0 Å². The Hall–Kier alpha value is -2.20. The highest BCUT2D eigenvalue weighted by molar-refractivity contribution is 5.80. The van der Waals surface area contributed by atoms with Crippen LogP contribution >= 0.6 is 0 Å². The van der Waals surface area contributed by atoms with Crippen molar-refractivity contribution in [2.75, 3.05) is 7.05 Å². The molecule has 2 heterocycles. The third-order valence-corrected chi connectivity index (χ3v) is 3.63. The summed E-state index contributed by atoms with van der Waals surface area (Å²) in [5.41, 5.74) is 4.35. The van der Waals surface area contributed by atoms with Crippen LogP contribution in [0, 0.1) is 13.8 Å². The topological polar surface area (TPSA) is 42.7 Å². The van der Waals surface area contributed by atoms with Crippen LogP contribution in [0.2, 0.25) is 0 Å². The lowest BCUT2D eigenvalue weighted by atomic mass is 10.1. The summed E-state index contributed by atoms with van der Waals surface area (Å²) in [7, 11) is 1.95. The lowest BCUT2D eigenvalue weighted by Crippen LogP contribution is -2.11. The van der Waals surface area contributed by atoms with E-state index in [0.717, 1.165) is 34.7 Å². The Morgan fingerprint density at radius 1 is 1.20 bits per heavy atom. The van der Waals surface area contributed by atoms with Gasteiger partial charge in [0.1, 0.15) is 12.1 Å². The van der Waals surface area contributed by atoms with Crippen LogP contribution in [0.25, 0.3) is 16.7 Å². The Morgan fingerprint density at radius 2 is 2.00 bits per heavy atom. The van der Waals surface area contributed by atoms with E-state index in [2.05, 4.69) is 33.9 Å². The number of imidazole rings is 1. The fourth-order valence-electron chi connectivity index (χ4n) is 2.39. The fourth-order valence-corrected chi connectivity index (χ4v) is 2.39. The Labute approximate surface area is 118 Å².